The van der Waals surface area contributed by atoms with Gasteiger partial charge < -0.3 is 15.0 Å². The Hall–Kier alpha value is -2.36. The van der Waals surface area contributed by atoms with Gasteiger partial charge in [-0.15, -0.1) is 0 Å². The van der Waals surface area contributed by atoms with E-state index < -0.39 is 35.8 Å². The number of hydrogen-bond acceptors (Lipinski definition) is 4. The summed E-state index contributed by atoms with van der Waals surface area (Å²) in [4.78, 5) is 22.9. The largest absolute Gasteiger partial charge is 0.410 e. The number of carbonyl (C=O) groups is 1. The van der Waals surface area contributed by atoms with Crippen molar-refractivity contribution in [3.63, 3.8) is 0 Å². The zero-order chi connectivity index (χ0) is 17.2. The number of rotatable bonds is 5. The maximum absolute atomic E-state index is 12.8. The molecule has 1 fully saturated rings. The molecule has 1 aromatic carbocycles. The van der Waals surface area contributed by atoms with Gasteiger partial charge in [0, 0.05) is 19.2 Å². The van der Waals surface area contributed by atoms with Gasteiger partial charge >= 0.3 is 12.2 Å². The number of nitrogens with zero attached hydrogens (tertiary/aromatic N) is 2. The highest BCUT2D eigenvalue weighted by atomic mass is 19.4. The summed E-state index contributed by atoms with van der Waals surface area (Å²) in [5.41, 5.74) is 0.305. The standard InChI is InChI=1S/C13H14F3N3O4/c1-23-7-10(8-2-4-9(5-3-8)19(21)22)18-6-11(13(14,15)16)17-12(18)20/h2-5,10-11H,6-7H2,1H3,(H,17,20)/t10?,11-/m0/s1. The Morgan fingerprint density at radius 2 is 2.04 bits per heavy atom. The molecule has 2 rings (SSSR count). The number of urea groups is 1. The molecule has 10 heteroatoms. The topological polar surface area (TPSA) is 84.7 Å². The number of amides is 2. The Morgan fingerprint density at radius 1 is 1.43 bits per heavy atom. The van der Waals surface area contributed by atoms with E-state index in [1.807, 2.05) is 5.32 Å². The van der Waals surface area contributed by atoms with Crippen LogP contribution in [0.3, 0.4) is 0 Å². The molecule has 1 saturated heterocycles. The Labute approximate surface area is 129 Å². The summed E-state index contributed by atoms with van der Waals surface area (Å²) in [6.45, 7) is -0.580. The van der Waals surface area contributed by atoms with Crippen LogP contribution in [0.1, 0.15) is 11.6 Å². The molecule has 2 amide bonds. The van der Waals surface area contributed by atoms with Gasteiger partial charge in [0.15, 0.2) is 0 Å². The van der Waals surface area contributed by atoms with Crippen LogP contribution in [0.4, 0.5) is 23.7 Å². The number of halogens is 3. The smallest absolute Gasteiger partial charge is 0.382 e. The van der Waals surface area contributed by atoms with Crippen LogP contribution in [0, 0.1) is 10.1 Å². The molecule has 2 atom stereocenters. The lowest BCUT2D eigenvalue weighted by molar-refractivity contribution is -0.384. The van der Waals surface area contributed by atoms with E-state index in [1.165, 1.54) is 31.4 Å². The molecule has 0 saturated carbocycles. The summed E-state index contributed by atoms with van der Waals surface area (Å²) in [5.74, 6) is 0. The molecule has 1 N–H and O–H groups in total. The first-order valence-corrected chi connectivity index (χ1v) is 6.61. The minimum Gasteiger partial charge on any atom is -0.382 e. The lowest BCUT2D eigenvalue weighted by atomic mass is 10.1. The molecule has 1 heterocycles. The number of hydrogen-bond donors (Lipinski definition) is 1. The molecular weight excluding hydrogens is 319 g/mol. The summed E-state index contributed by atoms with van der Waals surface area (Å²) in [5, 5.41) is 12.5. The molecule has 1 unspecified atom stereocenters. The van der Waals surface area contributed by atoms with E-state index in [0.717, 1.165) is 4.90 Å². The van der Waals surface area contributed by atoms with Crippen LogP contribution < -0.4 is 5.32 Å². The average Bonchev–Trinajstić information content (AvgIpc) is 2.87. The van der Waals surface area contributed by atoms with Crippen LogP contribution in [0.15, 0.2) is 24.3 Å². The number of methoxy groups -OCH3 is 1. The fourth-order valence-electron chi connectivity index (χ4n) is 2.35. The van der Waals surface area contributed by atoms with Crippen LogP contribution in [-0.4, -0.2) is 48.3 Å². The quantitative estimate of drug-likeness (QED) is 0.661. The highest BCUT2D eigenvalue weighted by Gasteiger charge is 2.48. The first-order chi connectivity index (χ1) is 10.7. The van der Waals surface area contributed by atoms with Crippen molar-refractivity contribution in [2.75, 3.05) is 20.3 Å². The van der Waals surface area contributed by atoms with E-state index in [1.54, 1.807) is 0 Å². The molecule has 0 spiro atoms. The lowest BCUT2D eigenvalue weighted by Crippen LogP contribution is -2.40. The van der Waals surface area contributed by atoms with Crippen LogP contribution in [0.5, 0.6) is 0 Å². The molecule has 1 aromatic rings. The molecule has 7 nitrogen and oxygen atoms in total. The minimum atomic E-state index is -4.54. The summed E-state index contributed by atoms with van der Waals surface area (Å²) < 4.78 is 43.2. The molecule has 1 aliphatic rings. The predicted octanol–water partition coefficient (Wildman–Crippen LogP) is 2.24. The molecule has 126 valence electrons. The highest BCUT2D eigenvalue weighted by molar-refractivity contribution is 5.77. The Morgan fingerprint density at radius 3 is 2.48 bits per heavy atom. The number of alkyl halides is 3. The fourth-order valence-corrected chi connectivity index (χ4v) is 2.35. The summed E-state index contributed by atoms with van der Waals surface area (Å²) in [7, 11) is 1.35. The Kier molecular flexibility index (Phi) is 4.73. The Bertz CT molecular complexity index is 591. The number of ether oxygens (including phenoxy) is 1. The van der Waals surface area contributed by atoms with Gasteiger partial charge in [-0.25, -0.2) is 4.79 Å². The summed E-state index contributed by atoms with van der Waals surface area (Å²) in [6.07, 6.45) is -4.54. The van der Waals surface area contributed by atoms with Crippen molar-refractivity contribution < 1.29 is 27.6 Å². The third-order valence-electron chi connectivity index (χ3n) is 3.52. The van der Waals surface area contributed by atoms with Crippen molar-refractivity contribution in [2.45, 2.75) is 18.3 Å². The van der Waals surface area contributed by atoms with Gasteiger partial charge in [-0.2, -0.15) is 13.2 Å². The van der Waals surface area contributed by atoms with Gasteiger partial charge in [-0.1, -0.05) is 12.1 Å². The van der Waals surface area contributed by atoms with Crippen LogP contribution in [0.2, 0.25) is 0 Å². The number of nitrogens with one attached hydrogen (secondary N) is 1. The molecule has 0 aromatic heterocycles. The van der Waals surface area contributed by atoms with Crippen molar-refractivity contribution in [1.82, 2.24) is 10.2 Å². The van der Waals surface area contributed by atoms with Crippen LogP contribution in [-0.2, 0) is 4.74 Å². The SMILES string of the molecule is COCC(c1ccc([N+](=O)[O-])cc1)N1C[C@@H](C(F)(F)F)NC1=O. The second kappa shape index (κ2) is 6.41. The van der Waals surface area contributed by atoms with Crippen LogP contribution >= 0.6 is 0 Å². The first kappa shape index (κ1) is 17.0. The van der Waals surface area contributed by atoms with Crippen molar-refractivity contribution in [3.05, 3.63) is 39.9 Å². The highest BCUT2D eigenvalue weighted by Crippen LogP contribution is 2.30. The number of non-ortho nitro benzene ring substituents is 1. The van der Waals surface area contributed by atoms with E-state index in [2.05, 4.69) is 0 Å². The lowest BCUT2D eigenvalue weighted by Gasteiger charge is -2.26. The van der Waals surface area contributed by atoms with Gasteiger partial charge in [0.25, 0.3) is 5.69 Å². The van der Waals surface area contributed by atoms with Gasteiger partial charge in [-0.05, 0) is 5.56 Å². The zero-order valence-electron chi connectivity index (χ0n) is 12.0. The van der Waals surface area contributed by atoms with Crippen LogP contribution in [0.25, 0.3) is 0 Å². The second-order valence-corrected chi connectivity index (χ2v) is 5.02. The molecule has 0 radical (unpaired) electrons. The van der Waals surface area contributed by atoms with E-state index in [9.17, 15) is 28.1 Å². The van der Waals surface area contributed by atoms with Crippen molar-refractivity contribution in [3.8, 4) is 0 Å². The fraction of sp³-hybridized carbons (Fsp3) is 0.462. The van der Waals surface area contributed by atoms with Gasteiger partial charge in [-0.3, -0.25) is 10.1 Å². The van der Waals surface area contributed by atoms with Gasteiger partial charge in [0.1, 0.15) is 6.04 Å². The van der Waals surface area contributed by atoms with Gasteiger partial charge in [0.2, 0.25) is 0 Å². The monoisotopic (exact) mass is 333 g/mol. The minimum absolute atomic E-state index is 0.0319. The first-order valence-electron chi connectivity index (χ1n) is 6.61. The molecular formula is C13H14F3N3O4. The Balaban J connectivity index is 2.24. The zero-order valence-corrected chi connectivity index (χ0v) is 12.0. The number of carbonyl (C=O) groups excluding carboxylic acids is 1. The normalized spacial score (nSPS) is 19.6. The maximum Gasteiger partial charge on any atom is 0.410 e. The summed E-state index contributed by atoms with van der Waals surface area (Å²) >= 11 is 0. The second-order valence-electron chi connectivity index (χ2n) is 5.02. The average molecular weight is 333 g/mol. The third kappa shape index (κ3) is 3.70. The molecule has 0 bridgehead atoms. The number of nitro benzene ring substituents is 1. The van der Waals surface area contributed by atoms with Crippen molar-refractivity contribution in [2.24, 2.45) is 0 Å². The van der Waals surface area contributed by atoms with E-state index in [4.69, 9.17) is 4.74 Å². The summed E-state index contributed by atoms with van der Waals surface area (Å²) in [6, 6.07) is 1.68. The van der Waals surface area contributed by atoms with Crippen molar-refractivity contribution in [1.29, 1.82) is 0 Å². The maximum atomic E-state index is 12.8. The molecule has 23 heavy (non-hydrogen) atoms. The van der Waals surface area contributed by atoms with Gasteiger partial charge in [0.05, 0.1) is 24.1 Å². The number of benzene rings is 1. The third-order valence-corrected chi connectivity index (χ3v) is 3.52. The molecule has 0 aliphatic carbocycles. The predicted molar refractivity (Wildman–Crippen MR) is 72.8 cm³/mol. The number of nitro groups is 1. The van der Waals surface area contributed by atoms with E-state index in [-0.39, 0.29) is 12.3 Å². The van der Waals surface area contributed by atoms with Crippen molar-refractivity contribution >= 4 is 11.7 Å². The molecule has 1 aliphatic heterocycles. The van der Waals surface area contributed by atoms with E-state index >= 15 is 0 Å². The van der Waals surface area contributed by atoms with E-state index in [0.29, 0.717) is 5.56 Å².